The number of benzene rings is 1. The second kappa shape index (κ2) is 9.46. The highest BCUT2D eigenvalue weighted by Crippen LogP contribution is 2.28. The minimum atomic E-state index is -1.07. The molecule has 128 valence electrons. The van der Waals surface area contributed by atoms with Crippen molar-refractivity contribution in [2.75, 3.05) is 13.7 Å². The third kappa shape index (κ3) is 5.36. The molecule has 1 heterocycles. The normalized spacial score (nSPS) is 11.9. The number of aliphatic carboxylic acids is 1. The highest BCUT2D eigenvalue weighted by atomic mass is 32.2. The first-order valence-electron chi connectivity index (χ1n) is 7.38. The zero-order valence-electron chi connectivity index (χ0n) is 13.2. The van der Waals surface area contributed by atoms with E-state index in [9.17, 15) is 14.7 Å². The third-order valence-corrected chi connectivity index (χ3v) is 5.48. The molecule has 0 saturated heterocycles. The predicted octanol–water partition coefficient (Wildman–Crippen LogP) is 3.26. The molecule has 0 aliphatic heterocycles. The van der Waals surface area contributed by atoms with E-state index in [1.807, 2.05) is 29.6 Å². The average Bonchev–Trinajstić information content (AvgIpc) is 3.10. The van der Waals surface area contributed by atoms with E-state index in [4.69, 9.17) is 4.74 Å². The van der Waals surface area contributed by atoms with Crippen molar-refractivity contribution in [3.63, 3.8) is 0 Å². The third-order valence-electron chi connectivity index (χ3n) is 3.30. The van der Waals surface area contributed by atoms with Gasteiger partial charge in [-0.15, -0.1) is 23.1 Å². The summed E-state index contributed by atoms with van der Waals surface area (Å²) in [6.07, 6.45) is 0.224. The Kier molecular flexibility index (Phi) is 7.30. The average molecular weight is 365 g/mol. The van der Waals surface area contributed by atoms with Gasteiger partial charge in [0, 0.05) is 35.7 Å². The minimum Gasteiger partial charge on any atom is -0.480 e. The molecule has 1 atom stereocenters. The Morgan fingerprint density at radius 2 is 2.08 bits per heavy atom. The van der Waals surface area contributed by atoms with E-state index in [-0.39, 0.29) is 18.9 Å². The van der Waals surface area contributed by atoms with Gasteiger partial charge in [-0.25, -0.2) is 4.79 Å². The van der Waals surface area contributed by atoms with Crippen LogP contribution in [0.25, 0.3) is 0 Å². The SMILES string of the molecule is COCCC(NC(=O)c1ccccc1SCc1cccs1)C(=O)O. The van der Waals surface area contributed by atoms with Crippen molar-refractivity contribution in [1.82, 2.24) is 5.32 Å². The molecule has 7 heteroatoms. The first-order valence-corrected chi connectivity index (χ1v) is 9.25. The highest BCUT2D eigenvalue weighted by molar-refractivity contribution is 7.98. The van der Waals surface area contributed by atoms with Crippen LogP contribution in [0.1, 0.15) is 21.7 Å². The fourth-order valence-corrected chi connectivity index (χ4v) is 3.88. The molecule has 1 aromatic carbocycles. The first-order chi connectivity index (χ1) is 11.6. The summed E-state index contributed by atoms with van der Waals surface area (Å²) in [5.41, 5.74) is 0.489. The Morgan fingerprint density at radius 3 is 2.75 bits per heavy atom. The lowest BCUT2D eigenvalue weighted by Gasteiger charge is -2.15. The number of carboxylic acid groups (broad SMARTS) is 1. The maximum atomic E-state index is 12.5. The molecular formula is C17H19NO4S2. The van der Waals surface area contributed by atoms with Crippen molar-refractivity contribution in [3.8, 4) is 0 Å². The van der Waals surface area contributed by atoms with Gasteiger partial charge >= 0.3 is 5.97 Å². The Labute approximate surface area is 149 Å². The Balaban J connectivity index is 2.06. The molecule has 0 aliphatic rings. The number of amides is 1. The zero-order valence-corrected chi connectivity index (χ0v) is 14.9. The van der Waals surface area contributed by atoms with Crippen molar-refractivity contribution in [3.05, 3.63) is 52.2 Å². The molecule has 1 unspecified atom stereocenters. The van der Waals surface area contributed by atoms with Gasteiger partial charge in [-0.1, -0.05) is 18.2 Å². The molecule has 0 aliphatic carbocycles. The Hall–Kier alpha value is -1.83. The van der Waals surface area contributed by atoms with Crippen LogP contribution < -0.4 is 5.32 Å². The van der Waals surface area contributed by atoms with Gasteiger partial charge in [0.05, 0.1) is 5.56 Å². The van der Waals surface area contributed by atoms with E-state index in [1.54, 1.807) is 35.2 Å². The lowest BCUT2D eigenvalue weighted by atomic mass is 10.1. The van der Waals surface area contributed by atoms with Crippen molar-refractivity contribution >= 4 is 35.0 Å². The molecule has 1 amide bonds. The van der Waals surface area contributed by atoms with Gasteiger partial charge in [0.25, 0.3) is 5.91 Å². The number of thioether (sulfide) groups is 1. The topological polar surface area (TPSA) is 75.6 Å². The van der Waals surface area contributed by atoms with Gasteiger partial charge < -0.3 is 15.2 Å². The molecule has 5 nitrogen and oxygen atoms in total. The summed E-state index contributed by atoms with van der Waals surface area (Å²) in [5, 5.41) is 13.8. The number of thiophene rings is 1. The molecule has 0 bridgehead atoms. The number of hydrogen-bond acceptors (Lipinski definition) is 5. The van der Waals surface area contributed by atoms with Crippen LogP contribution in [0, 0.1) is 0 Å². The molecular weight excluding hydrogens is 346 g/mol. The second-order valence-electron chi connectivity index (χ2n) is 5.01. The maximum Gasteiger partial charge on any atom is 0.326 e. The van der Waals surface area contributed by atoms with Gasteiger partial charge in [0.15, 0.2) is 0 Å². The molecule has 2 rings (SSSR count). The second-order valence-corrected chi connectivity index (χ2v) is 7.06. The molecule has 0 saturated carbocycles. The van der Waals surface area contributed by atoms with Crippen LogP contribution in [0.4, 0.5) is 0 Å². The summed E-state index contributed by atoms with van der Waals surface area (Å²) >= 11 is 3.23. The molecule has 2 aromatic rings. The molecule has 2 N–H and O–H groups in total. The summed E-state index contributed by atoms with van der Waals surface area (Å²) < 4.78 is 4.90. The van der Waals surface area contributed by atoms with Gasteiger partial charge in [-0.05, 0) is 23.6 Å². The standard InChI is InChI=1S/C17H19NO4S2/c1-22-9-8-14(17(20)21)18-16(19)13-6-2-3-7-15(13)24-11-12-5-4-10-23-12/h2-7,10,14H,8-9,11H2,1H3,(H,18,19)(H,20,21). The number of rotatable bonds is 9. The lowest BCUT2D eigenvalue weighted by Crippen LogP contribution is -2.41. The largest absolute Gasteiger partial charge is 0.480 e. The number of nitrogens with one attached hydrogen (secondary N) is 1. The quantitative estimate of drug-likeness (QED) is 0.667. The molecule has 0 radical (unpaired) electrons. The van der Waals surface area contributed by atoms with Crippen LogP contribution >= 0.6 is 23.1 Å². The maximum absolute atomic E-state index is 12.5. The summed E-state index contributed by atoms with van der Waals surface area (Å²) in [5.74, 6) is -0.675. The monoisotopic (exact) mass is 365 g/mol. The first kappa shape index (κ1) is 18.5. The molecule has 1 aromatic heterocycles. The van der Waals surface area contributed by atoms with Crippen molar-refractivity contribution < 1.29 is 19.4 Å². The fraction of sp³-hybridized carbons (Fsp3) is 0.294. The van der Waals surface area contributed by atoms with E-state index in [0.29, 0.717) is 5.56 Å². The summed E-state index contributed by atoms with van der Waals surface area (Å²) in [7, 11) is 1.50. The van der Waals surface area contributed by atoms with Crippen LogP contribution in [0.15, 0.2) is 46.7 Å². The van der Waals surface area contributed by atoms with E-state index < -0.39 is 12.0 Å². The number of ether oxygens (including phenoxy) is 1. The number of methoxy groups -OCH3 is 1. The predicted molar refractivity (Wildman–Crippen MR) is 95.7 cm³/mol. The van der Waals surface area contributed by atoms with Crippen LogP contribution in [-0.2, 0) is 15.3 Å². The smallest absolute Gasteiger partial charge is 0.326 e. The van der Waals surface area contributed by atoms with Crippen molar-refractivity contribution in [2.45, 2.75) is 23.1 Å². The Bertz CT molecular complexity index is 673. The van der Waals surface area contributed by atoms with Crippen LogP contribution in [0.2, 0.25) is 0 Å². The van der Waals surface area contributed by atoms with Crippen LogP contribution in [-0.4, -0.2) is 36.7 Å². The van der Waals surface area contributed by atoms with Gasteiger partial charge in [0.1, 0.15) is 6.04 Å². The fourth-order valence-electron chi connectivity index (χ4n) is 2.05. The van der Waals surface area contributed by atoms with E-state index >= 15 is 0 Å². The molecule has 24 heavy (non-hydrogen) atoms. The van der Waals surface area contributed by atoms with Gasteiger partial charge in [-0.2, -0.15) is 0 Å². The number of hydrogen-bond donors (Lipinski definition) is 2. The van der Waals surface area contributed by atoms with Gasteiger partial charge in [0.2, 0.25) is 0 Å². The number of carboxylic acids is 1. The summed E-state index contributed by atoms with van der Waals surface area (Å²) in [6.45, 7) is 0.270. The van der Waals surface area contributed by atoms with Crippen molar-refractivity contribution in [1.29, 1.82) is 0 Å². The summed E-state index contributed by atoms with van der Waals surface area (Å²) in [6, 6.07) is 10.3. The van der Waals surface area contributed by atoms with E-state index in [1.165, 1.54) is 12.0 Å². The van der Waals surface area contributed by atoms with Crippen LogP contribution in [0.5, 0.6) is 0 Å². The molecule has 0 spiro atoms. The zero-order chi connectivity index (χ0) is 17.4. The number of carbonyl (C=O) groups excluding carboxylic acids is 1. The minimum absolute atomic E-state index is 0.224. The van der Waals surface area contributed by atoms with E-state index in [2.05, 4.69) is 5.32 Å². The van der Waals surface area contributed by atoms with E-state index in [0.717, 1.165) is 10.6 Å². The molecule has 0 fully saturated rings. The van der Waals surface area contributed by atoms with Crippen LogP contribution in [0.3, 0.4) is 0 Å². The van der Waals surface area contributed by atoms with Crippen molar-refractivity contribution in [2.24, 2.45) is 0 Å². The number of carbonyl (C=O) groups is 2. The lowest BCUT2D eigenvalue weighted by molar-refractivity contribution is -0.139. The Morgan fingerprint density at radius 1 is 1.29 bits per heavy atom. The van der Waals surface area contributed by atoms with Gasteiger partial charge in [-0.3, -0.25) is 4.79 Å². The summed E-state index contributed by atoms with van der Waals surface area (Å²) in [4.78, 5) is 25.8. The highest BCUT2D eigenvalue weighted by Gasteiger charge is 2.21.